The van der Waals surface area contributed by atoms with Gasteiger partial charge < -0.3 is 15.8 Å². The third-order valence-electron chi connectivity index (χ3n) is 2.87. The molecule has 0 aliphatic carbocycles. The first-order valence-electron chi connectivity index (χ1n) is 5.35. The van der Waals surface area contributed by atoms with E-state index in [0.717, 1.165) is 6.42 Å². The molecule has 16 heavy (non-hydrogen) atoms. The average Bonchev–Trinajstić information content (AvgIpc) is 2.70. The fraction of sp³-hybridized carbons (Fsp3) is 0.545. The van der Waals surface area contributed by atoms with Gasteiger partial charge in [-0.25, -0.2) is 0 Å². The molecule has 1 aromatic heterocycles. The Morgan fingerprint density at radius 2 is 2.44 bits per heavy atom. The van der Waals surface area contributed by atoms with Crippen LogP contribution in [0.15, 0.2) is 17.5 Å². The molecular weight excluding hydrogens is 224 g/mol. The summed E-state index contributed by atoms with van der Waals surface area (Å²) in [6.07, 6.45) is 0.880. The van der Waals surface area contributed by atoms with Gasteiger partial charge >= 0.3 is 0 Å². The Morgan fingerprint density at radius 1 is 1.62 bits per heavy atom. The lowest BCUT2D eigenvalue weighted by atomic mass is 9.85. The molecule has 0 spiro atoms. The average molecular weight is 240 g/mol. The van der Waals surface area contributed by atoms with Crippen molar-refractivity contribution in [2.75, 3.05) is 26.3 Å². The standard InChI is InChI=1S/C11H16N2O2S/c12-6-11(7-15-8-11)10(14)13-4-3-9-2-1-5-16-9/h1-2,5H,3-4,6-8,12H2,(H,13,14). The van der Waals surface area contributed by atoms with Crippen LogP contribution in [0.4, 0.5) is 0 Å². The van der Waals surface area contributed by atoms with Gasteiger partial charge in [-0.3, -0.25) is 4.79 Å². The fourth-order valence-corrected chi connectivity index (χ4v) is 2.34. The molecule has 3 N–H and O–H groups in total. The molecule has 88 valence electrons. The number of hydrogen-bond acceptors (Lipinski definition) is 4. The highest BCUT2D eigenvalue weighted by Gasteiger charge is 2.44. The summed E-state index contributed by atoms with van der Waals surface area (Å²) in [7, 11) is 0. The van der Waals surface area contributed by atoms with E-state index in [4.69, 9.17) is 10.5 Å². The van der Waals surface area contributed by atoms with E-state index in [0.29, 0.717) is 26.3 Å². The third-order valence-corrected chi connectivity index (χ3v) is 3.80. The maximum absolute atomic E-state index is 11.8. The van der Waals surface area contributed by atoms with Gasteiger partial charge in [0.1, 0.15) is 5.41 Å². The number of hydrogen-bond donors (Lipinski definition) is 2. The Kier molecular flexibility index (Phi) is 3.58. The minimum absolute atomic E-state index is 0.0257. The van der Waals surface area contributed by atoms with E-state index in [2.05, 4.69) is 11.4 Å². The smallest absolute Gasteiger partial charge is 0.232 e. The van der Waals surface area contributed by atoms with Crippen LogP contribution in [-0.2, 0) is 16.0 Å². The van der Waals surface area contributed by atoms with E-state index in [9.17, 15) is 4.79 Å². The SMILES string of the molecule is NCC1(C(=O)NCCc2cccs2)COC1. The highest BCUT2D eigenvalue weighted by atomic mass is 32.1. The molecule has 2 rings (SSSR count). The highest BCUT2D eigenvalue weighted by Crippen LogP contribution is 2.25. The Bertz CT molecular complexity index is 341. The maximum Gasteiger partial charge on any atom is 0.232 e. The Labute approximate surface area is 98.8 Å². The van der Waals surface area contributed by atoms with Crippen LogP contribution in [0, 0.1) is 5.41 Å². The topological polar surface area (TPSA) is 64.4 Å². The summed E-state index contributed by atoms with van der Waals surface area (Å²) in [6, 6.07) is 4.09. The van der Waals surface area contributed by atoms with Gasteiger partial charge in [-0.05, 0) is 17.9 Å². The van der Waals surface area contributed by atoms with E-state index >= 15 is 0 Å². The van der Waals surface area contributed by atoms with Crippen molar-refractivity contribution < 1.29 is 9.53 Å². The monoisotopic (exact) mass is 240 g/mol. The van der Waals surface area contributed by atoms with Crippen molar-refractivity contribution in [3.8, 4) is 0 Å². The van der Waals surface area contributed by atoms with Crippen LogP contribution in [-0.4, -0.2) is 32.2 Å². The number of amides is 1. The van der Waals surface area contributed by atoms with Gasteiger partial charge in [0.25, 0.3) is 0 Å². The van der Waals surface area contributed by atoms with Crippen LogP contribution < -0.4 is 11.1 Å². The summed E-state index contributed by atoms with van der Waals surface area (Å²) in [5.74, 6) is 0.0257. The number of ether oxygens (including phenoxy) is 1. The second kappa shape index (κ2) is 4.95. The zero-order valence-corrected chi connectivity index (χ0v) is 9.89. The van der Waals surface area contributed by atoms with Crippen molar-refractivity contribution in [3.05, 3.63) is 22.4 Å². The number of nitrogens with two attached hydrogens (primary N) is 1. The van der Waals surface area contributed by atoms with E-state index in [1.807, 2.05) is 11.4 Å². The molecule has 1 aliphatic heterocycles. The fourth-order valence-electron chi connectivity index (χ4n) is 1.63. The quantitative estimate of drug-likeness (QED) is 0.782. The number of carbonyl (C=O) groups excluding carboxylic acids is 1. The number of nitrogens with one attached hydrogen (secondary N) is 1. The molecule has 1 saturated heterocycles. The van der Waals surface area contributed by atoms with Crippen molar-refractivity contribution in [3.63, 3.8) is 0 Å². The molecular formula is C11H16N2O2S. The number of rotatable bonds is 5. The van der Waals surface area contributed by atoms with Crippen molar-refractivity contribution in [1.29, 1.82) is 0 Å². The summed E-state index contributed by atoms with van der Waals surface area (Å²) < 4.78 is 5.06. The molecule has 0 radical (unpaired) electrons. The van der Waals surface area contributed by atoms with Crippen LogP contribution in [0.3, 0.4) is 0 Å². The minimum Gasteiger partial charge on any atom is -0.379 e. The van der Waals surface area contributed by atoms with Gasteiger partial charge in [0.2, 0.25) is 5.91 Å². The molecule has 5 heteroatoms. The second-order valence-corrected chi connectivity index (χ2v) is 5.09. The zero-order chi connectivity index (χ0) is 11.4. The normalized spacial score (nSPS) is 17.8. The molecule has 0 saturated carbocycles. The molecule has 4 nitrogen and oxygen atoms in total. The van der Waals surface area contributed by atoms with Gasteiger partial charge in [0.05, 0.1) is 13.2 Å². The van der Waals surface area contributed by atoms with Crippen LogP contribution in [0.5, 0.6) is 0 Å². The van der Waals surface area contributed by atoms with E-state index in [-0.39, 0.29) is 5.91 Å². The van der Waals surface area contributed by atoms with Gasteiger partial charge in [-0.1, -0.05) is 6.07 Å². The van der Waals surface area contributed by atoms with Crippen LogP contribution in [0.25, 0.3) is 0 Å². The van der Waals surface area contributed by atoms with Gasteiger partial charge in [0.15, 0.2) is 0 Å². The summed E-state index contributed by atoms with van der Waals surface area (Å²) in [5, 5.41) is 4.96. The Hall–Kier alpha value is -0.910. The summed E-state index contributed by atoms with van der Waals surface area (Å²) in [4.78, 5) is 13.1. The van der Waals surface area contributed by atoms with E-state index in [1.165, 1.54) is 4.88 Å². The molecule has 2 heterocycles. The Morgan fingerprint density at radius 3 is 2.94 bits per heavy atom. The molecule has 0 unspecified atom stereocenters. The summed E-state index contributed by atoms with van der Waals surface area (Å²) in [5.41, 5.74) is 5.13. The molecule has 1 fully saturated rings. The molecule has 0 aromatic carbocycles. The van der Waals surface area contributed by atoms with Crippen LogP contribution in [0.2, 0.25) is 0 Å². The lowest BCUT2D eigenvalue weighted by Gasteiger charge is -2.38. The third kappa shape index (κ3) is 2.26. The summed E-state index contributed by atoms with van der Waals surface area (Å²) in [6.45, 7) is 1.93. The van der Waals surface area contributed by atoms with Crippen LogP contribution >= 0.6 is 11.3 Å². The molecule has 0 atom stereocenters. The maximum atomic E-state index is 11.8. The highest BCUT2D eigenvalue weighted by molar-refractivity contribution is 7.09. The van der Waals surface area contributed by atoms with Gasteiger partial charge in [0, 0.05) is 18.0 Å². The summed E-state index contributed by atoms with van der Waals surface area (Å²) >= 11 is 1.71. The minimum atomic E-state index is -0.463. The molecule has 1 amide bonds. The molecule has 1 aliphatic rings. The predicted octanol–water partition coefficient (Wildman–Crippen LogP) is 0.382. The first kappa shape index (κ1) is 11.6. The Balaban J connectivity index is 1.75. The van der Waals surface area contributed by atoms with E-state index in [1.54, 1.807) is 11.3 Å². The molecule has 1 aromatic rings. The first-order chi connectivity index (χ1) is 7.77. The lowest BCUT2D eigenvalue weighted by Crippen LogP contribution is -2.58. The number of carbonyl (C=O) groups is 1. The van der Waals surface area contributed by atoms with Crippen molar-refractivity contribution in [2.45, 2.75) is 6.42 Å². The van der Waals surface area contributed by atoms with Gasteiger partial charge in [-0.15, -0.1) is 11.3 Å². The van der Waals surface area contributed by atoms with Gasteiger partial charge in [-0.2, -0.15) is 0 Å². The predicted molar refractivity (Wildman–Crippen MR) is 63.3 cm³/mol. The van der Waals surface area contributed by atoms with Crippen molar-refractivity contribution in [1.82, 2.24) is 5.32 Å². The van der Waals surface area contributed by atoms with Crippen molar-refractivity contribution in [2.24, 2.45) is 11.1 Å². The largest absolute Gasteiger partial charge is 0.379 e. The van der Waals surface area contributed by atoms with E-state index < -0.39 is 5.41 Å². The van der Waals surface area contributed by atoms with Crippen molar-refractivity contribution >= 4 is 17.2 Å². The zero-order valence-electron chi connectivity index (χ0n) is 9.07. The lowest BCUT2D eigenvalue weighted by molar-refractivity contribution is -0.159. The van der Waals surface area contributed by atoms with Crippen LogP contribution in [0.1, 0.15) is 4.88 Å². The first-order valence-corrected chi connectivity index (χ1v) is 6.23. The second-order valence-electron chi connectivity index (χ2n) is 4.06. The number of thiophene rings is 1. The molecule has 0 bridgehead atoms.